The maximum atomic E-state index is 12.7. The number of carbonyl (C=O) groups is 1. The third-order valence-corrected chi connectivity index (χ3v) is 7.91. The predicted molar refractivity (Wildman–Crippen MR) is 186 cm³/mol. The van der Waals surface area contributed by atoms with E-state index in [-0.39, 0.29) is 12.1 Å². The molecule has 1 unspecified atom stereocenters. The van der Waals surface area contributed by atoms with Gasteiger partial charge in [0.25, 0.3) is 5.91 Å². The number of ether oxygens (including phenoxy) is 7. The van der Waals surface area contributed by atoms with Crippen LogP contribution in [0, 0.1) is 6.92 Å². The molecule has 2 N–H and O–H groups in total. The molecule has 1 aliphatic rings. The number of rotatable bonds is 15. The standard InChI is InChI=1S/C38H42N2O8/c1-24-9-14-29-28(19-24)38(41)40-37(39-29)27-13-16-31(32(23-27)43-3)47-17-7-8-18-48-33-20-25(12-15-30(33)42-2)10-11-26-21-34(44-4)36(46-6)35(22-26)45-5/h9-16,19-23,37,39H,7-8,17-18H2,1-6H3,(H,40,41)/b11-10+. The number of aryl methyl sites for hydroxylation is 1. The molecular weight excluding hydrogens is 612 g/mol. The molecule has 4 aromatic carbocycles. The SMILES string of the molecule is COc1cc(C2NC(=O)c3cc(C)ccc3N2)ccc1OCCCCOc1cc(/C=C/c2cc(OC)c(OC)c(OC)c2)ccc1OC. The number of hydrogen-bond acceptors (Lipinski definition) is 9. The minimum atomic E-state index is -0.381. The van der Waals surface area contributed by atoms with Crippen LogP contribution in [0.1, 0.15) is 51.6 Å². The van der Waals surface area contributed by atoms with E-state index >= 15 is 0 Å². The molecule has 1 amide bonds. The first kappa shape index (κ1) is 33.8. The Bertz CT molecular complexity index is 1750. The molecule has 10 heteroatoms. The lowest BCUT2D eigenvalue weighted by Crippen LogP contribution is -2.38. The minimum Gasteiger partial charge on any atom is -0.493 e. The number of benzene rings is 4. The number of fused-ring (bicyclic) bond motifs is 1. The van der Waals surface area contributed by atoms with Crippen molar-refractivity contribution < 1.29 is 38.0 Å². The first-order valence-corrected chi connectivity index (χ1v) is 15.6. The Labute approximate surface area is 281 Å². The molecule has 0 aliphatic carbocycles. The molecular formula is C38H42N2O8. The second-order valence-electron chi connectivity index (χ2n) is 11.1. The summed E-state index contributed by atoms with van der Waals surface area (Å²) in [6.07, 6.45) is 5.11. The molecule has 5 rings (SSSR count). The highest BCUT2D eigenvalue weighted by molar-refractivity contribution is 6.01. The molecule has 0 aromatic heterocycles. The lowest BCUT2D eigenvalue weighted by atomic mass is 10.0. The monoisotopic (exact) mass is 654 g/mol. The van der Waals surface area contributed by atoms with E-state index in [1.54, 1.807) is 35.5 Å². The molecule has 1 atom stereocenters. The topological polar surface area (TPSA) is 106 Å². The summed E-state index contributed by atoms with van der Waals surface area (Å²) in [5, 5.41) is 6.41. The largest absolute Gasteiger partial charge is 0.493 e. The maximum absolute atomic E-state index is 12.7. The summed E-state index contributed by atoms with van der Waals surface area (Å²) < 4.78 is 39.7. The van der Waals surface area contributed by atoms with Gasteiger partial charge in [0.15, 0.2) is 34.5 Å². The van der Waals surface area contributed by atoms with Crippen molar-refractivity contribution in [1.29, 1.82) is 0 Å². The highest BCUT2D eigenvalue weighted by Gasteiger charge is 2.25. The van der Waals surface area contributed by atoms with E-state index in [0.29, 0.717) is 59.0 Å². The van der Waals surface area contributed by atoms with Crippen LogP contribution in [0.2, 0.25) is 0 Å². The second-order valence-corrected chi connectivity index (χ2v) is 11.1. The summed E-state index contributed by atoms with van der Waals surface area (Å²) in [5.41, 5.74) is 5.17. The Morgan fingerprint density at radius 2 is 1.23 bits per heavy atom. The molecule has 0 fully saturated rings. The van der Waals surface area contributed by atoms with Crippen molar-refractivity contribution in [2.45, 2.75) is 25.9 Å². The average molecular weight is 655 g/mol. The number of methoxy groups -OCH3 is 5. The van der Waals surface area contributed by atoms with E-state index < -0.39 is 0 Å². The quantitative estimate of drug-likeness (QED) is 0.101. The lowest BCUT2D eigenvalue weighted by Gasteiger charge is -2.28. The van der Waals surface area contributed by atoms with Crippen LogP contribution in [-0.4, -0.2) is 54.7 Å². The fourth-order valence-electron chi connectivity index (χ4n) is 5.39. The second kappa shape index (κ2) is 15.9. The van der Waals surface area contributed by atoms with Gasteiger partial charge in [0.1, 0.15) is 6.17 Å². The van der Waals surface area contributed by atoms with Crippen LogP contribution < -0.4 is 43.8 Å². The van der Waals surface area contributed by atoms with Gasteiger partial charge in [0.2, 0.25) is 5.75 Å². The maximum Gasteiger partial charge on any atom is 0.255 e. The van der Waals surface area contributed by atoms with Gasteiger partial charge in [0.05, 0.1) is 54.3 Å². The van der Waals surface area contributed by atoms with Gasteiger partial charge in [-0.3, -0.25) is 4.79 Å². The molecule has 0 saturated heterocycles. The fourth-order valence-corrected chi connectivity index (χ4v) is 5.39. The van der Waals surface area contributed by atoms with E-state index in [2.05, 4.69) is 10.6 Å². The number of nitrogens with one attached hydrogen (secondary N) is 2. The summed E-state index contributed by atoms with van der Waals surface area (Å²) >= 11 is 0. The third kappa shape index (κ3) is 7.88. The molecule has 1 heterocycles. The van der Waals surface area contributed by atoms with Crippen LogP contribution in [0.3, 0.4) is 0 Å². The van der Waals surface area contributed by atoms with Crippen molar-refractivity contribution in [3.63, 3.8) is 0 Å². The zero-order valence-corrected chi connectivity index (χ0v) is 28.2. The zero-order valence-electron chi connectivity index (χ0n) is 28.2. The van der Waals surface area contributed by atoms with Crippen molar-refractivity contribution in [2.24, 2.45) is 0 Å². The molecule has 0 bridgehead atoms. The Morgan fingerprint density at radius 3 is 1.90 bits per heavy atom. The van der Waals surface area contributed by atoms with Crippen molar-refractivity contribution in [2.75, 3.05) is 54.1 Å². The fraction of sp³-hybridized carbons (Fsp3) is 0.289. The van der Waals surface area contributed by atoms with Crippen LogP contribution in [-0.2, 0) is 0 Å². The van der Waals surface area contributed by atoms with Gasteiger partial charge in [-0.15, -0.1) is 0 Å². The zero-order chi connectivity index (χ0) is 34.0. The first-order valence-electron chi connectivity index (χ1n) is 15.6. The number of amides is 1. The van der Waals surface area contributed by atoms with Crippen LogP contribution >= 0.6 is 0 Å². The van der Waals surface area contributed by atoms with Gasteiger partial charge in [-0.25, -0.2) is 0 Å². The molecule has 48 heavy (non-hydrogen) atoms. The van der Waals surface area contributed by atoms with Crippen LogP contribution in [0.25, 0.3) is 12.2 Å². The van der Waals surface area contributed by atoms with E-state index in [4.69, 9.17) is 33.2 Å². The molecule has 252 valence electrons. The molecule has 4 aromatic rings. The van der Waals surface area contributed by atoms with E-state index in [1.165, 1.54) is 0 Å². The van der Waals surface area contributed by atoms with Crippen molar-refractivity contribution in [3.8, 4) is 40.2 Å². The smallest absolute Gasteiger partial charge is 0.255 e. The van der Waals surface area contributed by atoms with Gasteiger partial charge >= 0.3 is 0 Å². The number of unbranched alkanes of at least 4 members (excludes halogenated alkanes) is 1. The van der Waals surface area contributed by atoms with Gasteiger partial charge in [-0.05, 0) is 85.0 Å². The summed E-state index contributed by atoms with van der Waals surface area (Å²) in [6, 6.07) is 21.0. The van der Waals surface area contributed by atoms with E-state index in [1.807, 2.05) is 85.8 Å². The highest BCUT2D eigenvalue weighted by atomic mass is 16.5. The number of hydrogen-bond donors (Lipinski definition) is 2. The normalized spacial score (nSPS) is 13.6. The molecule has 1 aliphatic heterocycles. The van der Waals surface area contributed by atoms with Gasteiger partial charge in [-0.1, -0.05) is 35.9 Å². The number of carbonyl (C=O) groups excluding carboxylic acids is 1. The molecule has 0 saturated carbocycles. The van der Waals surface area contributed by atoms with E-state index in [0.717, 1.165) is 40.8 Å². The Kier molecular flexibility index (Phi) is 11.2. The Balaban J connectivity index is 1.14. The van der Waals surface area contributed by atoms with Gasteiger partial charge in [-0.2, -0.15) is 0 Å². The molecule has 10 nitrogen and oxygen atoms in total. The average Bonchev–Trinajstić information content (AvgIpc) is 3.11. The summed E-state index contributed by atoms with van der Waals surface area (Å²) in [5.74, 6) is 4.14. The summed E-state index contributed by atoms with van der Waals surface area (Å²) in [6.45, 7) is 2.94. The molecule has 0 radical (unpaired) electrons. The summed E-state index contributed by atoms with van der Waals surface area (Å²) in [7, 11) is 7.99. The van der Waals surface area contributed by atoms with E-state index in [9.17, 15) is 4.79 Å². The molecule has 0 spiro atoms. The van der Waals surface area contributed by atoms with Crippen molar-refractivity contribution in [3.05, 3.63) is 94.5 Å². The number of anilines is 1. The lowest BCUT2D eigenvalue weighted by molar-refractivity contribution is 0.0935. The van der Waals surface area contributed by atoms with Gasteiger partial charge < -0.3 is 43.8 Å². The minimum absolute atomic E-state index is 0.115. The highest BCUT2D eigenvalue weighted by Crippen LogP contribution is 2.39. The van der Waals surface area contributed by atoms with Crippen LogP contribution in [0.5, 0.6) is 40.2 Å². The van der Waals surface area contributed by atoms with Gasteiger partial charge in [0, 0.05) is 5.69 Å². The van der Waals surface area contributed by atoms with Crippen LogP contribution in [0.15, 0.2) is 66.7 Å². The van der Waals surface area contributed by atoms with Crippen molar-refractivity contribution in [1.82, 2.24) is 5.32 Å². The van der Waals surface area contributed by atoms with Crippen LogP contribution in [0.4, 0.5) is 5.69 Å². The first-order chi connectivity index (χ1) is 23.4. The third-order valence-electron chi connectivity index (χ3n) is 7.91. The summed E-state index contributed by atoms with van der Waals surface area (Å²) in [4.78, 5) is 12.7. The van der Waals surface area contributed by atoms with Crippen molar-refractivity contribution >= 4 is 23.7 Å². The predicted octanol–water partition coefficient (Wildman–Crippen LogP) is 7.30. The Morgan fingerprint density at radius 1 is 0.604 bits per heavy atom. The Hall–Kier alpha value is -5.51.